The molecular weight excluding hydrogens is 424 g/mol. The first-order valence-corrected chi connectivity index (χ1v) is 10.4. The number of benzene rings is 3. The summed E-state index contributed by atoms with van der Waals surface area (Å²) in [5.74, 6) is -0.784. The second-order valence-corrected chi connectivity index (χ2v) is 7.09. The van der Waals surface area contributed by atoms with Crippen molar-refractivity contribution in [3.8, 4) is 0 Å². The SMILES string of the molecule is C=CC(=O)N(N=Cc1cccc(C=C)c1)c1ccc(C(=O)NN=Cc2cccc(C=C)c2)cc1. The molecule has 0 aliphatic heterocycles. The molecule has 0 atom stereocenters. The van der Waals surface area contributed by atoms with Crippen molar-refractivity contribution in [1.82, 2.24) is 5.43 Å². The molecule has 3 aromatic rings. The topological polar surface area (TPSA) is 74.1 Å². The number of carbonyl (C=O) groups is 2. The maximum absolute atomic E-state index is 12.4. The third-order valence-corrected chi connectivity index (χ3v) is 4.75. The standard InChI is InChI=1S/C28H24N4O2/c1-4-21-9-7-11-23(17-21)19-29-31-28(34)25-13-15-26(16-14-25)32(27(33)6-3)30-20-24-12-8-10-22(5-2)18-24/h4-20H,1-3H2,(H,31,34). The smallest absolute Gasteiger partial charge is 0.267 e. The highest BCUT2D eigenvalue weighted by Crippen LogP contribution is 2.17. The summed E-state index contributed by atoms with van der Waals surface area (Å²) < 4.78 is 0. The number of rotatable bonds is 9. The van der Waals surface area contributed by atoms with Crippen LogP contribution < -0.4 is 10.4 Å². The number of nitrogens with one attached hydrogen (secondary N) is 1. The van der Waals surface area contributed by atoms with E-state index in [9.17, 15) is 9.59 Å². The number of nitrogens with zero attached hydrogens (tertiary/aromatic N) is 3. The number of hydrogen-bond acceptors (Lipinski definition) is 4. The van der Waals surface area contributed by atoms with Gasteiger partial charge in [-0.25, -0.2) is 5.43 Å². The maximum atomic E-state index is 12.4. The average molecular weight is 449 g/mol. The van der Waals surface area contributed by atoms with E-state index in [1.165, 1.54) is 11.1 Å². The molecule has 34 heavy (non-hydrogen) atoms. The summed E-state index contributed by atoms with van der Waals surface area (Å²) >= 11 is 0. The van der Waals surface area contributed by atoms with Gasteiger partial charge in [-0.05, 0) is 64.7 Å². The van der Waals surface area contributed by atoms with Crippen molar-refractivity contribution in [2.24, 2.45) is 10.2 Å². The highest BCUT2D eigenvalue weighted by Gasteiger charge is 2.13. The van der Waals surface area contributed by atoms with Crippen molar-refractivity contribution in [3.63, 3.8) is 0 Å². The Morgan fingerprint density at radius 3 is 1.88 bits per heavy atom. The average Bonchev–Trinajstić information content (AvgIpc) is 2.89. The molecule has 168 valence electrons. The van der Waals surface area contributed by atoms with Gasteiger partial charge in [0.2, 0.25) is 0 Å². The molecule has 0 unspecified atom stereocenters. The molecule has 0 aromatic heterocycles. The van der Waals surface area contributed by atoms with Gasteiger partial charge in [0.15, 0.2) is 0 Å². The Hall–Kier alpha value is -4.84. The fourth-order valence-corrected chi connectivity index (χ4v) is 2.98. The molecule has 3 aromatic carbocycles. The van der Waals surface area contributed by atoms with E-state index in [0.717, 1.165) is 22.3 Å². The van der Waals surface area contributed by atoms with E-state index in [2.05, 4.69) is 35.4 Å². The second-order valence-electron chi connectivity index (χ2n) is 7.09. The van der Waals surface area contributed by atoms with E-state index < -0.39 is 5.91 Å². The third kappa shape index (κ3) is 6.34. The monoisotopic (exact) mass is 448 g/mol. The lowest BCUT2D eigenvalue weighted by Crippen LogP contribution is -2.23. The molecule has 0 saturated heterocycles. The molecule has 0 bridgehead atoms. The van der Waals surface area contributed by atoms with Crippen molar-refractivity contribution in [1.29, 1.82) is 0 Å². The number of amides is 2. The van der Waals surface area contributed by atoms with Gasteiger partial charge in [0, 0.05) is 5.56 Å². The first kappa shape index (κ1) is 23.8. The Bertz CT molecular complexity index is 1270. The normalized spacial score (nSPS) is 10.7. The van der Waals surface area contributed by atoms with Crippen LogP contribution in [0, 0.1) is 0 Å². The molecular formula is C28H24N4O2. The van der Waals surface area contributed by atoms with E-state index in [1.54, 1.807) is 48.8 Å². The van der Waals surface area contributed by atoms with Crippen LogP contribution in [-0.2, 0) is 4.79 Å². The molecule has 1 N–H and O–H groups in total. The lowest BCUT2D eigenvalue weighted by Gasteiger charge is -2.15. The number of anilines is 1. The highest BCUT2D eigenvalue weighted by atomic mass is 16.2. The van der Waals surface area contributed by atoms with E-state index in [-0.39, 0.29) is 5.91 Å². The molecule has 0 aliphatic rings. The van der Waals surface area contributed by atoms with Gasteiger partial charge in [0.25, 0.3) is 11.8 Å². The number of hydrogen-bond donors (Lipinski definition) is 1. The fraction of sp³-hybridized carbons (Fsp3) is 0. The molecule has 6 nitrogen and oxygen atoms in total. The van der Waals surface area contributed by atoms with Gasteiger partial charge in [-0.1, -0.05) is 68.3 Å². The molecule has 3 rings (SSSR count). The minimum absolute atomic E-state index is 0.381. The van der Waals surface area contributed by atoms with Crippen molar-refractivity contribution in [3.05, 3.63) is 126 Å². The van der Waals surface area contributed by atoms with Gasteiger partial charge >= 0.3 is 0 Å². The van der Waals surface area contributed by atoms with Gasteiger partial charge in [-0.3, -0.25) is 9.59 Å². The Balaban J connectivity index is 1.72. The van der Waals surface area contributed by atoms with Gasteiger partial charge < -0.3 is 0 Å². The van der Waals surface area contributed by atoms with Crippen molar-refractivity contribution in [2.45, 2.75) is 0 Å². The molecule has 0 spiro atoms. The van der Waals surface area contributed by atoms with Gasteiger partial charge in [-0.2, -0.15) is 15.2 Å². The van der Waals surface area contributed by atoms with Crippen LogP contribution >= 0.6 is 0 Å². The quantitative estimate of drug-likeness (QED) is 0.274. The maximum Gasteiger partial charge on any atom is 0.271 e. The van der Waals surface area contributed by atoms with Gasteiger partial charge in [-0.15, -0.1) is 0 Å². The summed E-state index contributed by atoms with van der Waals surface area (Å²) in [4.78, 5) is 24.8. The van der Waals surface area contributed by atoms with Gasteiger partial charge in [0.1, 0.15) is 0 Å². The minimum atomic E-state index is -0.403. The van der Waals surface area contributed by atoms with Gasteiger partial charge in [0.05, 0.1) is 18.1 Å². The van der Waals surface area contributed by atoms with Crippen LogP contribution in [0.15, 0.2) is 109 Å². The molecule has 6 heteroatoms. The zero-order valence-corrected chi connectivity index (χ0v) is 18.6. The van der Waals surface area contributed by atoms with Crippen LogP contribution in [0.1, 0.15) is 32.6 Å². The minimum Gasteiger partial charge on any atom is -0.267 e. The van der Waals surface area contributed by atoms with Crippen LogP contribution in [0.2, 0.25) is 0 Å². The fourth-order valence-electron chi connectivity index (χ4n) is 2.98. The van der Waals surface area contributed by atoms with Crippen molar-refractivity contribution < 1.29 is 9.59 Å². The van der Waals surface area contributed by atoms with E-state index in [4.69, 9.17) is 0 Å². The molecule has 0 saturated carbocycles. The van der Waals surface area contributed by atoms with Crippen molar-refractivity contribution in [2.75, 3.05) is 5.01 Å². The van der Waals surface area contributed by atoms with Crippen molar-refractivity contribution >= 4 is 42.1 Å². The Labute approximate surface area is 198 Å². The Morgan fingerprint density at radius 1 is 0.765 bits per heavy atom. The number of hydrazone groups is 2. The zero-order valence-electron chi connectivity index (χ0n) is 18.6. The Kier molecular flexibility index (Phi) is 8.19. The molecule has 0 aliphatic carbocycles. The number of carbonyl (C=O) groups excluding carboxylic acids is 2. The van der Waals surface area contributed by atoms with Crippen LogP contribution in [0.25, 0.3) is 12.2 Å². The van der Waals surface area contributed by atoms with E-state index in [0.29, 0.717) is 11.3 Å². The lowest BCUT2D eigenvalue weighted by atomic mass is 10.1. The zero-order chi connectivity index (χ0) is 24.3. The summed E-state index contributed by atoms with van der Waals surface area (Å²) in [6.45, 7) is 11.0. The van der Waals surface area contributed by atoms with Crippen LogP contribution in [-0.4, -0.2) is 24.2 Å². The largest absolute Gasteiger partial charge is 0.271 e. The van der Waals surface area contributed by atoms with E-state index in [1.807, 2.05) is 48.5 Å². The molecule has 0 fully saturated rings. The first-order chi connectivity index (χ1) is 16.5. The predicted octanol–water partition coefficient (Wildman–Crippen LogP) is 5.29. The van der Waals surface area contributed by atoms with Crippen LogP contribution in [0.5, 0.6) is 0 Å². The molecule has 0 heterocycles. The van der Waals surface area contributed by atoms with Crippen LogP contribution in [0.4, 0.5) is 5.69 Å². The summed E-state index contributed by atoms with van der Waals surface area (Å²) in [6, 6.07) is 21.6. The molecule has 2 amide bonds. The van der Waals surface area contributed by atoms with Crippen LogP contribution in [0.3, 0.4) is 0 Å². The Morgan fingerprint density at radius 2 is 1.32 bits per heavy atom. The summed E-state index contributed by atoms with van der Waals surface area (Å²) in [5.41, 5.74) is 6.92. The summed E-state index contributed by atoms with van der Waals surface area (Å²) in [6.07, 6.45) is 7.77. The predicted molar refractivity (Wildman–Crippen MR) is 140 cm³/mol. The highest BCUT2D eigenvalue weighted by molar-refractivity contribution is 6.02. The first-order valence-electron chi connectivity index (χ1n) is 10.4. The third-order valence-electron chi connectivity index (χ3n) is 4.75. The van der Waals surface area contributed by atoms with E-state index >= 15 is 0 Å². The summed E-state index contributed by atoms with van der Waals surface area (Å²) in [5, 5.41) is 9.51. The molecule has 0 radical (unpaired) electrons. The summed E-state index contributed by atoms with van der Waals surface area (Å²) in [7, 11) is 0. The second kappa shape index (κ2) is 11.7. The lowest BCUT2D eigenvalue weighted by molar-refractivity contribution is -0.114.